The summed E-state index contributed by atoms with van der Waals surface area (Å²) in [6.07, 6.45) is 11.2. The summed E-state index contributed by atoms with van der Waals surface area (Å²) in [4.78, 5) is 0.196. The Bertz CT molecular complexity index is 1260. The molecule has 1 atom stereocenters. The highest BCUT2D eigenvalue weighted by molar-refractivity contribution is 7.89. The highest BCUT2D eigenvalue weighted by Crippen LogP contribution is 2.31. The molecule has 0 N–H and O–H groups in total. The fraction of sp³-hybridized carbons (Fsp3) is 0.276. The zero-order valence-corrected chi connectivity index (χ0v) is 21.7. The first-order valence-electron chi connectivity index (χ1n) is 12.1. The molecule has 1 aromatic heterocycles. The molecule has 0 spiro atoms. The van der Waals surface area contributed by atoms with Gasteiger partial charge in [-0.3, -0.25) is 0 Å². The van der Waals surface area contributed by atoms with Crippen molar-refractivity contribution in [3.63, 3.8) is 0 Å². The summed E-state index contributed by atoms with van der Waals surface area (Å²) in [5.74, 6) is 0. The number of benzene rings is 2. The minimum absolute atomic E-state index is 0.196. The van der Waals surface area contributed by atoms with Crippen LogP contribution < -0.4 is 0 Å². The molecule has 0 amide bonds. The monoisotopic (exact) mass is 489 g/mol. The predicted octanol–water partition coefficient (Wildman–Crippen LogP) is 6.44. The number of hydrogen-bond acceptors (Lipinski definition) is 3. The average molecular weight is 490 g/mol. The second-order valence-electron chi connectivity index (χ2n) is 8.43. The minimum Gasteiger partial charge on any atom is -0.232 e. The first-order chi connectivity index (χ1) is 16.9. The van der Waals surface area contributed by atoms with Crippen molar-refractivity contribution in [2.24, 2.45) is 0 Å². The predicted molar refractivity (Wildman–Crippen MR) is 145 cm³/mol. The van der Waals surface area contributed by atoms with Crippen LogP contribution in [0.5, 0.6) is 0 Å². The van der Waals surface area contributed by atoms with E-state index in [0.717, 1.165) is 16.8 Å². The third kappa shape index (κ3) is 6.27. The van der Waals surface area contributed by atoms with Crippen LogP contribution in [0.4, 0.5) is 0 Å². The van der Waals surface area contributed by atoms with E-state index in [0.29, 0.717) is 31.5 Å². The molecular formula is C29H35N3O2S. The molecule has 3 rings (SSSR count). The Balaban J connectivity index is 2.13. The van der Waals surface area contributed by atoms with Gasteiger partial charge in [-0.15, -0.1) is 0 Å². The number of hydrogen-bond donors (Lipinski definition) is 0. The lowest BCUT2D eigenvalue weighted by Gasteiger charge is -2.28. The van der Waals surface area contributed by atoms with Crippen LogP contribution in [-0.2, 0) is 16.4 Å². The van der Waals surface area contributed by atoms with Gasteiger partial charge in [-0.25, -0.2) is 13.1 Å². The fourth-order valence-corrected chi connectivity index (χ4v) is 5.99. The maximum absolute atomic E-state index is 14.2. The fourth-order valence-electron chi connectivity index (χ4n) is 4.14. The number of aromatic nitrogens is 2. The molecule has 0 radical (unpaired) electrons. The van der Waals surface area contributed by atoms with Gasteiger partial charge in [-0.2, -0.15) is 9.40 Å². The summed E-state index contributed by atoms with van der Waals surface area (Å²) in [7, 11) is -3.84. The Hall–Kier alpha value is -3.22. The van der Waals surface area contributed by atoms with E-state index in [-0.39, 0.29) is 10.9 Å². The quantitative estimate of drug-likeness (QED) is 0.217. The molecule has 0 bridgehead atoms. The van der Waals surface area contributed by atoms with Crippen molar-refractivity contribution in [1.29, 1.82) is 0 Å². The molecule has 35 heavy (non-hydrogen) atoms. The third-order valence-electron chi connectivity index (χ3n) is 5.84. The summed E-state index contributed by atoms with van der Waals surface area (Å²) in [5.41, 5.74) is 3.16. The maximum Gasteiger partial charge on any atom is 0.247 e. The van der Waals surface area contributed by atoms with Crippen molar-refractivity contribution < 1.29 is 8.42 Å². The average Bonchev–Trinajstić information content (AvgIpc) is 3.32. The van der Waals surface area contributed by atoms with Gasteiger partial charge in [0.05, 0.1) is 17.6 Å². The van der Waals surface area contributed by atoms with Crippen LogP contribution in [0, 0.1) is 0 Å². The normalized spacial score (nSPS) is 13.4. The second kappa shape index (κ2) is 12.5. The summed E-state index contributed by atoms with van der Waals surface area (Å²) < 4.78 is 31.6. The molecular weight excluding hydrogens is 454 g/mol. The largest absolute Gasteiger partial charge is 0.247 e. The van der Waals surface area contributed by atoms with E-state index in [1.807, 2.05) is 99.7 Å². The Morgan fingerprint density at radius 3 is 2.37 bits per heavy atom. The molecule has 3 aromatic rings. The molecule has 0 aliphatic rings. The van der Waals surface area contributed by atoms with Crippen molar-refractivity contribution >= 4 is 15.6 Å². The summed E-state index contributed by atoms with van der Waals surface area (Å²) >= 11 is 0. The van der Waals surface area contributed by atoms with Crippen molar-refractivity contribution in [3.05, 3.63) is 109 Å². The Labute approximate surface area is 210 Å². The van der Waals surface area contributed by atoms with Crippen molar-refractivity contribution in [2.45, 2.75) is 51.0 Å². The smallest absolute Gasteiger partial charge is 0.232 e. The molecule has 1 unspecified atom stereocenters. The van der Waals surface area contributed by atoms with Gasteiger partial charge in [-0.1, -0.05) is 86.3 Å². The van der Waals surface area contributed by atoms with E-state index in [1.165, 1.54) is 6.20 Å². The van der Waals surface area contributed by atoms with Gasteiger partial charge in [0, 0.05) is 12.6 Å². The zero-order chi connectivity index (χ0) is 25.3. The van der Waals surface area contributed by atoms with Crippen molar-refractivity contribution in [2.75, 3.05) is 6.54 Å². The van der Waals surface area contributed by atoms with Crippen LogP contribution in [0.3, 0.4) is 0 Å². The Morgan fingerprint density at radius 2 is 1.77 bits per heavy atom. The number of rotatable bonds is 12. The maximum atomic E-state index is 14.2. The van der Waals surface area contributed by atoms with E-state index in [9.17, 15) is 8.42 Å². The van der Waals surface area contributed by atoms with Crippen LogP contribution >= 0.6 is 0 Å². The Kier molecular flexibility index (Phi) is 9.40. The van der Waals surface area contributed by atoms with Crippen LogP contribution in [-0.4, -0.2) is 35.1 Å². The standard InChI is InChI=1S/C29H35N3O2S/c1-5-8-11-18-26(7-3)29-28(23-30-32(29)27-19-14-10-15-20-27)35(33,34)31(21-6-2)24(4)22-25-16-12-9-13-17-25/h5,7-10,12-20,23-24H,3,6,11,21-22H2,1-2,4H3/b8-5-,26-18?. The van der Waals surface area contributed by atoms with E-state index in [2.05, 4.69) is 11.7 Å². The van der Waals surface area contributed by atoms with Gasteiger partial charge in [0.2, 0.25) is 10.0 Å². The van der Waals surface area contributed by atoms with Crippen LogP contribution in [0.25, 0.3) is 11.3 Å². The van der Waals surface area contributed by atoms with E-state index >= 15 is 0 Å². The van der Waals surface area contributed by atoms with Crippen LogP contribution in [0.15, 0.2) is 103 Å². The lowest BCUT2D eigenvalue weighted by atomic mass is 10.1. The topological polar surface area (TPSA) is 55.2 Å². The molecule has 6 heteroatoms. The number of para-hydroxylation sites is 1. The van der Waals surface area contributed by atoms with Gasteiger partial charge in [0.1, 0.15) is 4.90 Å². The molecule has 5 nitrogen and oxygen atoms in total. The minimum atomic E-state index is -3.84. The van der Waals surface area contributed by atoms with Crippen LogP contribution in [0.1, 0.15) is 44.9 Å². The molecule has 0 aliphatic carbocycles. The highest BCUT2D eigenvalue weighted by atomic mass is 32.2. The molecule has 1 heterocycles. The number of nitrogens with zero attached hydrogens (tertiary/aromatic N) is 3. The third-order valence-corrected chi connectivity index (χ3v) is 7.85. The van der Waals surface area contributed by atoms with E-state index < -0.39 is 10.0 Å². The molecule has 0 saturated carbocycles. The SMILES string of the molecule is C=CC(=CC/C=C\C)c1c(S(=O)(=O)N(CCC)C(C)Cc2ccccc2)cnn1-c1ccccc1. The first kappa shape index (κ1) is 26.4. The molecule has 2 aromatic carbocycles. The molecule has 0 aliphatic heterocycles. The van der Waals surface area contributed by atoms with Gasteiger partial charge in [0.15, 0.2) is 0 Å². The van der Waals surface area contributed by atoms with Gasteiger partial charge in [0.25, 0.3) is 0 Å². The summed E-state index contributed by atoms with van der Waals surface area (Å²) in [5, 5.41) is 4.54. The zero-order valence-electron chi connectivity index (χ0n) is 20.8. The molecule has 184 valence electrons. The molecule has 0 fully saturated rings. The van der Waals surface area contributed by atoms with Crippen molar-refractivity contribution in [3.8, 4) is 5.69 Å². The molecule has 0 saturated heterocycles. The van der Waals surface area contributed by atoms with Crippen LogP contribution in [0.2, 0.25) is 0 Å². The summed E-state index contributed by atoms with van der Waals surface area (Å²) in [6, 6.07) is 19.4. The van der Waals surface area contributed by atoms with Crippen molar-refractivity contribution in [1.82, 2.24) is 14.1 Å². The lowest BCUT2D eigenvalue weighted by Crippen LogP contribution is -2.40. The number of sulfonamides is 1. The Morgan fingerprint density at radius 1 is 1.11 bits per heavy atom. The van der Waals surface area contributed by atoms with E-state index in [1.54, 1.807) is 15.1 Å². The second-order valence-corrected chi connectivity index (χ2v) is 10.3. The number of allylic oxidation sites excluding steroid dienone is 5. The van der Waals surface area contributed by atoms with Gasteiger partial charge in [-0.05, 0) is 56.4 Å². The first-order valence-corrected chi connectivity index (χ1v) is 13.5. The van der Waals surface area contributed by atoms with Gasteiger partial charge < -0.3 is 0 Å². The summed E-state index contributed by atoms with van der Waals surface area (Å²) in [6.45, 7) is 10.3. The van der Waals surface area contributed by atoms with Gasteiger partial charge >= 0.3 is 0 Å². The lowest BCUT2D eigenvalue weighted by molar-refractivity contribution is 0.334. The highest BCUT2D eigenvalue weighted by Gasteiger charge is 2.33. The van der Waals surface area contributed by atoms with E-state index in [4.69, 9.17) is 0 Å².